The largest absolute Gasteiger partial charge is 0.461 e. The van der Waals surface area contributed by atoms with Crippen molar-refractivity contribution in [1.82, 2.24) is 0 Å². The van der Waals surface area contributed by atoms with Crippen LogP contribution < -0.4 is 0 Å². The summed E-state index contributed by atoms with van der Waals surface area (Å²) in [4.78, 5) is 28.2. The van der Waals surface area contributed by atoms with Gasteiger partial charge < -0.3 is 14.6 Å². The van der Waals surface area contributed by atoms with Gasteiger partial charge in [0.2, 0.25) is 0 Å². The second-order valence-electron chi connectivity index (χ2n) is 6.79. The number of aliphatic hydroxyl groups is 1. The van der Waals surface area contributed by atoms with Gasteiger partial charge in [-0.25, -0.2) is 9.68 Å². The first-order valence-corrected chi connectivity index (χ1v) is 7.64. The Labute approximate surface area is 139 Å². The van der Waals surface area contributed by atoms with Crippen LogP contribution in [0, 0.1) is 11.8 Å². The number of carbonyl (C=O) groups is 2. The molecule has 24 heavy (non-hydrogen) atoms. The third-order valence-electron chi connectivity index (χ3n) is 5.28. The molecule has 0 radical (unpaired) electrons. The first kappa shape index (κ1) is 16.9. The molecule has 0 aromatic carbocycles. The molecule has 0 aromatic rings. The molecule has 3 rings (SSSR count). The van der Waals surface area contributed by atoms with Crippen LogP contribution in [0.3, 0.4) is 0 Å². The van der Waals surface area contributed by atoms with E-state index in [9.17, 15) is 20.0 Å². The highest BCUT2D eigenvalue weighted by Gasteiger charge is 2.65. The van der Waals surface area contributed by atoms with Gasteiger partial charge in [-0.3, -0.25) is 10.1 Å². The van der Waals surface area contributed by atoms with Crippen molar-refractivity contribution < 1.29 is 34.3 Å². The Hall–Kier alpha value is -1.96. The van der Waals surface area contributed by atoms with Crippen LogP contribution in [-0.2, 0) is 24.0 Å². The van der Waals surface area contributed by atoms with Gasteiger partial charge in [0.05, 0.1) is 11.8 Å². The summed E-state index contributed by atoms with van der Waals surface area (Å²) in [5.74, 6) is -2.65. The lowest BCUT2D eigenvalue weighted by molar-refractivity contribution is -0.327. The van der Waals surface area contributed by atoms with Crippen LogP contribution >= 0.6 is 0 Å². The third kappa shape index (κ3) is 2.16. The SMILES string of the molecule is C=C1C(=O)OC2C1C(OC(C)=O)CC(=C)C1(O)C=CC(C)(OO)C21. The fourth-order valence-corrected chi connectivity index (χ4v) is 4.12. The zero-order valence-corrected chi connectivity index (χ0v) is 13.5. The zero-order valence-electron chi connectivity index (χ0n) is 13.5. The minimum Gasteiger partial charge on any atom is -0.461 e. The van der Waals surface area contributed by atoms with Crippen LogP contribution in [0.25, 0.3) is 0 Å². The number of esters is 2. The van der Waals surface area contributed by atoms with Gasteiger partial charge in [0.15, 0.2) is 0 Å². The van der Waals surface area contributed by atoms with Crippen molar-refractivity contribution in [2.75, 3.05) is 0 Å². The molecule has 7 heteroatoms. The molecule has 2 N–H and O–H groups in total. The Morgan fingerprint density at radius 1 is 1.42 bits per heavy atom. The van der Waals surface area contributed by atoms with Crippen molar-refractivity contribution in [2.24, 2.45) is 11.8 Å². The van der Waals surface area contributed by atoms with Gasteiger partial charge in [-0.2, -0.15) is 0 Å². The molecule has 3 aliphatic rings. The van der Waals surface area contributed by atoms with Crippen LogP contribution in [0.5, 0.6) is 0 Å². The Morgan fingerprint density at radius 3 is 2.67 bits per heavy atom. The quantitative estimate of drug-likeness (QED) is 0.256. The van der Waals surface area contributed by atoms with Crippen LogP contribution in [0.1, 0.15) is 20.3 Å². The van der Waals surface area contributed by atoms with Gasteiger partial charge in [0, 0.05) is 18.9 Å². The van der Waals surface area contributed by atoms with E-state index in [0.717, 1.165) is 0 Å². The molecule has 0 spiro atoms. The summed E-state index contributed by atoms with van der Waals surface area (Å²) in [5.41, 5.74) is -2.32. The summed E-state index contributed by atoms with van der Waals surface area (Å²) in [6, 6.07) is 0. The second-order valence-corrected chi connectivity index (χ2v) is 6.79. The number of hydrogen-bond acceptors (Lipinski definition) is 7. The molecule has 1 saturated carbocycles. The lowest BCUT2D eigenvalue weighted by Gasteiger charge is -2.39. The topological polar surface area (TPSA) is 102 Å². The number of carbonyl (C=O) groups excluding carboxylic acids is 2. The van der Waals surface area contributed by atoms with Crippen molar-refractivity contribution in [3.63, 3.8) is 0 Å². The molecule has 1 aliphatic heterocycles. The van der Waals surface area contributed by atoms with Gasteiger partial charge in [0.25, 0.3) is 0 Å². The molecule has 7 nitrogen and oxygen atoms in total. The highest BCUT2D eigenvalue weighted by Crippen LogP contribution is 2.54. The van der Waals surface area contributed by atoms with Crippen LogP contribution in [0.2, 0.25) is 0 Å². The molecule has 6 atom stereocenters. The summed E-state index contributed by atoms with van der Waals surface area (Å²) in [6.45, 7) is 10.5. The zero-order chi connectivity index (χ0) is 17.9. The Bertz CT molecular complexity index is 666. The molecular weight excluding hydrogens is 316 g/mol. The summed E-state index contributed by atoms with van der Waals surface area (Å²) in [5, 5.41) is 20.5. The fourth-order valence-electron chi connectivity index (χ4n) is 4.12. The van der Waals surface area contributed by atoms with Gasteiger partial charge in [0.1, 0.15) is 23.4 Å². The fraction of sp³-hybridized carbons (Fsp3) is 0.529. The predicted octanol–water partition coefficient (Wildman–Crippen LogP) is 1.14. The van der Waals surface area contributed by atoms with Crippen LogP contribution in [-0.4, -0.2) is 45.7 Å². The first-order valence-electron chi connectivity index (χ1n) is 7.64. The average molecular weight is 336 g/mol. The highest BCUT2D eigenvalue weighted by molar-refractivity contribution is 5.91. The highest BCUT2D eigenvalue weighted by atomic mass is 17.1. The van der Waals surface area contributed by atoms with Crippen molar-refractivity contribution in [3.8, 4) is 0 Å². The number of fused-ring (bicyclic) bond motifs is 3. The molecule has 0 aromatic heterocycles. The monoisotopic (exact) mass is 336 g/mol. The smallest absolute Gasteiger partial charge is 0.334 e. The lowest BCUT2D eigenvalue weighted by Crippen LogP contribution is -2.52. The maximum atomic E-state index is 12.1. The van der Waals surface area contributed by atoms with E-state index >= 15 is 0 Å². The Kier molecular flexibility index (Phi) is 3.71. The minimum absolute atomic E-state index is 0.134. The van der Waals surface area contributed by atoms with Crippen molar-refractivity contribution in [2.45, 2.75) is 43.7 Å². The van der Waals surface area contributed by atoms with E-state index in [1.807, 2.05) is 0 Å². The van der Waals surface area contributed by atoms with Crippen LogP contribution in [0.4, 0.5) is 0 Å². The number of hydrogen-bond donors (Lipinski definition) is 2. The summed E-state index contributed by atoms with van der Waals surface area (Å²) < 4.78 is 10.8. The van der Waals surface area contributed by atoms with E-state index in [1.165, 1.54) is 19.1 Å². The van der Waals surface area contributed by atoms with Gasteiger partial charge in [-0.05, 0) is 18.6 Å². The van der Waals surface area contributed by atoms with E-state index in [4.69, 9.17) is 9.47 Å². The number of rotatable bonds is 2. The summed E-state index contributed by atoms with van der Waals surface area (Å²) in [6.07, 6.45) is 1.49. The molecule has 130 valence electrons. The van der Waals surface area contributed by atoms with E-state index < -0.39 is 47.2 Å². The summed E-state index contributed by atoms with van der Waals surface area (Å²) in [7, 11) is 0. The Balaban J connectivity index is 2.13. The summed E-state index contributed by atoms with van der Waals surface area (Å²) >= 11 is 0. The number of ether oxygens (including phenoxy) is 2. The van der Waals surface area contributed by atoms with Crippen LogP contribution in [0.15, 0.2) is 36.5 Å². The molecule has 0 amide bonds. The predicted molar refractivity (Wildman–Crippen MR) is 81.5 cm³/mol. The molecular formula is C17H20O7. The molecule has 6 unspecified atom stereocenters. The molecule has 0 bridgehead atoms. The van der Waals surface area contributed by atoms with E-state index in [1.54, 1.807) is 6.92 Å². The second kappa shape index (κ2) is 5.27. The van der Waals surface area contributed by atoms with Gasteiger partial charge in [-0.15, -0.1) is 0 Å². The minimum atomic E-state index is -1.57. The maximum Gasteiger partial charge on any atom is 0.334 e. The van der Waals surface area contributed by atoms with Gasteiger partial charge in [-0.1, -0.05) is 19.2 Å². The van der Waals surface area contributed by atoms with E-state index in [-0.39, 0.29) is 12.0 Å². The normalized spacial score (nSPS) is 43.9. The maximum absolute atomic E-state index is 12.1. The lowest BCUT2D eigenvalue weighted by atomic mass is 9.73. The van der Waals surface area contributed by atoms with Gasteiger partial charge >= 0.3 is 11.9 Å². The Morgan fingerprint density at radius 2 is 2.08 bits per heavy atom. The van der Waals surface area contributed by atoms with Crippen molar-refractivity contribution >= 4 is 11.9 Å². The molecule has 1 heterocycles. The third-order valence-corrected chi connectivity index (χ3v) is 5.28. The molecule has 1 saturated heterocycles. The van der Waals surface area contributed by atoms with Crippen molar-refractivity contribution in [1.29, 1.82) is 0 Å². The standard InChI is InChI=1S/C17H20O7/c1-8-7-11(22-10(3)18)12-9(2)15(19)23-13(12)14-16(4,24-21)5-6-17(8,14)20/h5-6,11-14,20-21H,1-2,7H2,3-4H3. The van der Waals surface area contributed by atoms with Crippen molar-refractivity contribution in [3.05, 3.63) is 36.5 Å². The van der Waals surface area contributed by atoms with E-state index in [2.05, 4.69) is 18.0 Å². The first-order chi connectivity index (χ1) is 11.1. The molecule has 2 fully saturated rings. The van der Waals surface area contributed by atoms with E-state index in [0.29, 0.717) is 5.57 Å². The average Bonchev–Trinajstić information content (AvgIpc) is 2.91. The molecule has 2 aliphatic carbocycles.